The van der Waals surface area contributed by atoms with Crippen LogP contribution in [0.1, 0.15) is 75.3 Å². The van der Waals surface area contributed by atoms with Gasteiger partial charge in [0.05, 0.1) is 37.6 Å². The Labute approximate surface area is 228 Å². The fourth-order valence-corrected chi connectivity index (χ4v) is 4.85. The highest BCUT2D eigenvalue weighted by atomic mass is 16.6. The number of hydrogen-bond acceptors (Lipinski definition) is 6. The van der Waals surface area contributed by atoms with Gasteiger partial charge in [0, 0.05) is 12.8 Å². The van der Waals surface area contributed by atoms with Gasteiger partial charge < -0.3 is 29.2 Å². The first kappa shape index (κ1) is 28.9. The zero-order valence-electron chi connectivity index (χ0n) is 22.8. The molecule has 0 spiro atoms. The van der Waals surface area contributed by atoms with Gasteiger partial charge in [0.1, 0.15) is 24.7 Å². The molecule has 2 heterocycles. The van der Waals surface area contributed by atoms with E-state index in [9.17, 15) is 10.2 Å². The van der Waals surface area contributed by atoms with Crippen molar-refractivity contribution < 1.29 is 29.2 Å². The van der Waals surface area contributed by atoms with Gasteiger partial charge in [-0.05, 0) is 36.1 Å². The summed E-state index contributed by atoms with van der Waals surface area (Å²) in [7, 11) is 0. The van der Waals surface area contributed by atoms with Crippen LogP contribution in [-0.2, 0) is 22.3 Å². The molecular formula is C32H46O6. The Morgan fingerprint density at radius 2 is 0.974 bits per heavy atom. The Morgan fingerprint density at radius 1 is 0.605 bits per heavy atom. The Bertz CT molecular complexity index is 850. The Balaban J connectivity index is 0.946. The maximum atomic E-state index is 10.3. The Hall–Kier alpha value is -2.12. The molecule has 0 saturated carbocycles. The van der Waals surface area contributed by atoms with Crippen LogP contribution in [0, 0.1) is 0 Å². The van der Waals surface area contributed by atoms with Crippen molar-refractivity contribution in [1.29, 1.82) is 0 Å². The van der Waals surface area contributed by atoms with Crippen molar-refractivity contribution in [3.05, 3.63) is 59.7 Å². The Kier molecular flexibility index (Phi) is 12.2. The summed E-state index contributed by atoms with van der Waals surface area (Å²) < 4.78 is 22.5. The largest absolute Gasteiger partial charge is 0.491 e. The summed E-state index contributed by atoms with van der Waals surface area (Å²) >= 11 is 0. The summed E-state index contributed by atoms with van der Waals surface area (Å²) in [5.41, 5.74) is 2.32. The summed E-state index contributed by atoms with van der Waals surface area (Å²) in [5, 5.41) is 20.6. The normalized spacial score (nSPS) is 19.6. The molecule has 2 aliphatic rings. The first-order valence-electron chi connectivity index (χ1n) is 14.7. The lowest BCUT2D eigenvalue weighted by atomic mass is 10.0. The van der Waals surface area contributed by atoms with Crippen molar-refractivity contribution in [3.63, 3.8) is 0 Å². The number of para-hydroxylation sites is 2. The predicted molar refractivity (Wildman–Crippen MR) is 149 cm³/mol. The third kappa shape index (κ3) is 11.3. The van der Waals surface area contributed by atoms with E-state index in [1.807, 2.05) is 36.4 Å². The molecule has 2 saturated heterocycles. The van der Waals surface area contributed by atoms with Crippen LogP contribution < -0.4 is 9.47 Å². The van der Waals surface area contributed by atoms with Crippen molar-refractivity contribution in [1.82, 2.24) is 0 Å². The van der Waals surface area contributed by atoms with Crippen LogP contribution in [-0.4, -0.2) is 61.1 Å². The molecule has 2 N–H and O–H groups in total. The van der Waals surface area contributed by atoms with Crippen LogP contribution in [0.2, 0.25) is 0 Å². The highest BCUT2D eigenvalue weighted by Gasteiger charge is 2.25. The number of rotatable bonds is 21. The average molecular weight is 527 g/mol. The van der Waals surface area contributed by atoms with Gasteiger partial charge in [-0.25, -0.2) is 0 Å². The van der Waals surface area contributed by atoms with E-state index in [0.717, 1.165) is 87.2 Å². The SMILES string of the molecule is OC(CCCCCCCCCCC(O)COc1ccccc1CC1CO1)COc1ccccc1CC1CO1. The van der Waals surface area contributed by atoms with Gasteiger partial charge >= 0.3 is 0 Å². The fourth-order valence-electron chi connectivity index (χ4n) is 4.85. The van der Waals surface area contributed by atoms with Gasteiger partial charge in [-0.1, -0.05) is 87.8 Å². The van der Waals surface area contributed by atoms with E-state index in [1.54, 1.807) is 0 Å². The lowest BCUT2D eigenvalue weighted by Gasteiger charge is -2.15. The van der Waals surface area contributed by atoms with Crippen LogP contribution >= 0.6 is 0 Å². The van der Waals surface area contributed by atoms with Gasteiger partial charge in [0.2, 0.25) is 0 Å². The molecule has 0 aromatic heterocycles. The van der Waals surface area contributed by atoms with E-state index < -0.39 is 12.2 Å². The third-order valence-electron chi connectivity index (χ3n) is 7.33. The van der Waals surface area contributed by atoms with Crippen molar-refractivity contribution in [3.8, 4) is 11.5 Å². The number of hydrogen-bond donors (Lipinski definition) is 2. The number of aliphatic hydroxyl groups is 2. The lowest BCUT2D eigenvalue weighted by Crippen LogP contribution is -2.18. The third-order valence-corrected chi connectivity index (χ3v) is 7.33. The van der Waals surface area contributed by atoms with E-state index in [-0.39, 0.29) is 0 Å². The molecule has 2 aliphatic heterocycles. The summed E-state index contributed by atoms with van der Waals surface area (Å²) in [4.78, 5) is 0. The molecule has 4 rings (SSSR count). The molecule has 2 fully saturated rings. The first-order chi connectivity index (χ1) is 18.7. The van der Waals surface area contributed by atoms with Crippen LogP contribution in [0.5, 0.6) is 11.5 Å². The average Bonchev–Trinajstić information content (AvgIpc) is 3.86. The molecule has 2 aromatic rings. The maximum absolute atomic E-state index is 10.3. The number of benzene rings is 2. The van der Waals surface area contributed by atoms with Gasteiger partial charge in [-0.3, -0.25) is 0 Å². The van der Waals surface area contributed by atoms with Gasteiger partial charge in [0.15, 0.2) is 0 Å². The summed E-state index contributed by atoms with van der Waals surface area (Å²) in [6.45, 7) is 2.37. The first-order valence-corrected chi connectivity index (χ1v) is 14.7. The van der Waals surface area contributed by atoms with Crippen molar-refractivity contribution in [2.24, 2.45) is 0 Å². The standard InChI is InChI=1S/C32H46O6/c33-27(21-37-31-17-11-9-13-25(31)19-29-23-35-29)15-7-5-3-1-2-4-6-8-16-28(34)22-38-32-18-12-10-14-26(32)20-30-24-36-30/h9-14,17-18,27-30,33-34H,1-8,15-16,19-24H2. The van der Waals surface area contributed by atoms with E-state index in [4.69, 9.17) is 18.9 Å². The van der Waals surface area contributed by atoms with Gasteiger partial charge in [-0.2, -0.15) is 0 Å². The van der Waals surface area contributed by atoms with E-state index in [1.165, 1.54) is 25.7 Å². The second-order valence-corrected chi connectivity index (χ2v) is 10.9. The molecular weight excluding hydrogens is 480 g/mol. The summed E-state index contributed by atoms with van der Waals surface area (Å²) in [6, 6.07) is 16.1. The smallest absolute Gasteiger partial charge is 0.122 e. The molecule has 0 aliphatic carbocycles. The fraction of sp³-hybridized carbons (Fsp3) is 0.625. The summed E-state index contributed by atoms with van der Waals surface area (Å²) in [6.07, 6.45) is 12.4. The van der Waals surface area contributed by atoms with Gasteiger partial charge in [0.25, 0.3) is 0 Å². The second-order valence-electron chi connectivity index (χ2n) is 10.9. The number of ether oxygens (including phenoxy) is 4. The molecule has 6 heteroatoms. The van der Waals surface area contributed by atoms with Crippen LogP contribution in [0.25, 0.3) is 0 Å². The number of unbranched alkanes of at least 4 members (excludes halogenated alkanes) is 7. The monoisotopic (exact) mass is 526 g/mol. The Morgan fingerprint density at radius 3 is 1.37 bits per heavy atom. The molecule has 210 valence electrons. The minimum atomic E-state index is -0.420. The predicted octanol–water partition coefficient (Wildman–Crippen LogP) is 5.65. The molecule has 0 radical (unpaired) electrons. The molecule has 4 unspecified atom stereocenters. The number of epoxide rings is 2. The number of aliphatic hydroxyl groups excluding tert-OH is 2. The highest BCUT2D eigenvalue weighted by molar-refractivity contribution is 5.35. The minimum absolute atomic E-state index is 0.331. The minimum Gasteiger partial charge on any atom is -0.491 e. The van der Waals surface area contributed by atoms with Crippen molar-refractivity contribution >= 4 is 0 Å². The maximum Gasteiger partial charge on any atom is 0.122 e. The second kappa shape index (κ2) is 16.1. The zero-order chi connectivity index (χ0) is 26.4. The van der Waals surface area contributed by atoms with Crippen molar-refractivity contribution in [2.75, 3.05) is 26.4 Å². The quantitative estimate of drug-likeness (QED) is 0.162. The topological polar surface area (TPSA) is 84.0 Å². The zero-order valence-corrected chi connectivity index (χ0v) is 22.8. The van der Waals surface area contributed by atoms with Gasteiger partial charge in [-0.15, -0.1) is 0 Å². The van der Waals surface area contributed by atoms with E-state index in [0.29, 0.717) is 25.4 Å². The van der Waals surface area contributed by atoms with Crippen LogP contribution in [0.3, 0.4) is 0 Å². The van der Waals surface area contributed by atoms with E-state index in [2.05, 4.69) is 12.1 Å². The lowest BCUT2D eigenvalue weighted by molar-refractivity contribution is 0.0965. The van der Waals surface area contributed by atoms with Crippen LogP contribution in [0.4, 0.5) is 0 Å². The molecule has 0 bridgehead atoms. The molecule has 0 amide bonds. The molecule has 6 nitrogen and oxygen atoms in total. The van der Waals surface area contributed by atoms with Crippen molar-refractivity contribution in [2.45, 2.75) is 101 Å². The summed E-state index contributed by atoms with van der Waals surface area (Å²) in [5.74, 6) is 1.73. The highest BCUT2D eigenvalue weighted by Crippen LogP contribution is 2.26. The molecule has 2 aromatic carbocycles. The van der Waals surface area contributed by atoms with Crippen LogP contribution in [0.15, 0.2) is 48.5 Å². The molecule has 4 atom stereocenters. The molecule has 38 heavy (non-hydrogen) atoms. The van der Waals surface area contributed by atoms with E-state index >= 15 is 0 Å².